The maximum Gasteiger partial charge on any atom is 0.282 e. The van der Waals surface area contributed by atoms with Gasteiger partial charge in [0, 0.05) is 16.0 Å². The zero-order valence-corrected chi connectivity index (χ0v) is 22.0. The summed E-state index contributed by atoms with van der Waals surface area (Å²) in [6.45, 7) is 6.45. The van der Waals surface area contributed by atoms with Gasteiger partial charge in [0.05, 0.1) is 23.7 Å². The molecule has 4 aromatic rings. The van der Waals surface area contributed by atoms with E-state index in [0.29, 0.717) is 46.0 Å². The summed E-state index contributed by atoms with van der Waals surface area (Å²) < 4.78 is 27.7. The summed E-state index contributed by atoms with van der Waals surface area (Å²) in [5.74, 6) is 1.32. The quantitative estimate of drug-likeness (QED) is 0.218. The van der Waals surface area contributed by atoms with Crippen molar-refractivity contribution in [3.8, 4) is 11.5 Å². The first kappa shape index (κ1) is 25.6. The average molecular weight is 552 g/mol. The molecule has 4 rings (SSSR count). The minimum absolute atomic E-state index is 0.0380. The highest BCUT2D eigenvalue weighted by Gasteiger charge is 2.16. The van der Waals surface area contributed by atoms with Crippen LogP contribution in [0.5, 0.6) is 11.5 Å². The number of fused-ring (bicyclic) bond motifs is 1. The Bertz CT molecular complexity index is 1470. The summed E-state index contributed by atoms with van der Waals surface area (Å²) >= 11 is 3.43. The van der Waals surface area contributed by atoms with E-state index in [0.717, 1.165) is 10.9 Å². The van der Waals surface area contributed by atoms with Crippen molar-refractivity contribution < 1.29 is 13.9 Å². The summed E-state index contributed by atoms with van der Waals surface area (Å²) in [6.07, 6.45) is 2.41. The van der Waals surface area contributed by atoms with E-state index in [9.17, 15) is 9.18 Å². The van der Waals surface area contributed by atoms with Crippen molar-refractivity contribution in [3.63, 3.8) is 0 Å². The van der Waals surface area contributed by atoms with Crippen molar-refractivity contribution in [2.24, 2.45) is 5.10 Å². The number of hydrogen-bond donors (Lipinski definition) is 0. The standard InChI is InChI=1S/C28H27BrFN3O3/c1-4-18(3)27-32-24-12-11-21(29)15-22(24)28(34)33(27)31-16-19-10-13-25(26(14-19)35-5-2)36-17-20-8-6-7-9-23(20)30/h6-16,18H,4-5,17H2,1-3H3/t18-/m0/s1. The van der Waals surface area contributed by atoms with Gasteiger partial charge in [-0.1, -0.05) is 48.0 Å². The van der Waals surface area contributed by atoms with Crippen LogP contribution < -0.4 is 15.0 Å². The molecule has 0 amide bonds. The normalized spacial score (nSPS) is 12.2. The molecule has 3 aromatic carbocycles. The monoisotopic (exact) mass is 551 g/mol. The lowest BCUT2D eigenvalue weighted by molar-refractivity contribution is 0.266. The van der Waals surface area contributed by atoms with Crippen LogP contribution in [0.4, 0.5) is 4.39 Å². The summed E-state index contributed by atoms with van der Waals surface area (Å²) in [4.78, 5) is 18.1. The molecular weight excluding hydrogens is 525 g/mol. The zero-order valence-electron chi connectivity index (χ0n) is 20.4. The van der Waals surface area contributed by atoms with Gasteiger partial charge < -0.3 is 9.47 Å². The molecule has 1 atom stereocenters. The van der Waals surface area contributed by atoms with E-state index < -0.39 is 0 Å². The summed E-state index contributed by atoms with van der Waals surface area (Å²) in [6, 6.07) is 17.3. The van der Waals surface area contributed by atoms with Gasteiger partial charge in [-0.3, -0.25) is 4.79 Å². The molecule has 186 valence electrons. The second kappa shape index (κ2) is 11.5. The Labute approximate surface area is 217 Å². The topological polar surface area (TPSA) is 65.7 Å². The molecule has 0 saturated heterocycles. The Morgan fingerprint density at radius 1 is 1.08 bits per heavy atom. The minimum atomic E-state index is -0.321. The Morgan fingerprint density at radius 3 is 2.64 bits per heavy atom. The molecule has 6 nitrogen and oxygen atoms in total. The van der Waals surface area contributed by atoms with E-state index in [1.807, 2.05) is 39.0 Å². The van der Waals surface area contributed by atoms with Gasteiger partial charge in [-0.05, 0) is 61.4 Å². The molecule has 0 fully saturated rings. The molecule has 8 heteroatoms. The number of hydrogen-bond acceptors (Lipinski definition) is 5. The van der Waals surface area contributed by atoms with E-state index in [-0.39, 0.29) is 23.9 Å². The molecule has 1 heterocycles. The van der Waals surface area contributed by atoms with Gasteiger partial charge in [0.2, 0.25) is 0 Å². The van der Waals surface area contributed by atoms with Crippen molar-refractivity contribution in [3.05, 3.63) is 98.3 Å². The Balaban J connectivity index is 1.68. The van der Waals surface area contributed by atoms with Crippen molar-refractivity contribution in [2.45, 2.75) is 39.7 Å². The lowest BCUT2D eigenvalue weighted by Crippen LogP contribution is -2.23. The van der Waals surface area contributed by atoms with Gasteiger partial charge in [0.25, 0.3) is 5.56 Å². The summed E-state index contributed by atoms with van der Waals surface area (Å²) in [5.41, 5.74) is 1.58. The summed E-state index contributed by atoms with van der Waals surface area (Å²) in [7, 11) is 0. The third-order valence-corrected chi connectivity index (χ3v) is 6.31. The predicted molar refractivity (Wildman–Crippen MR) is 144 cm³/mol. The molecule has 0 spiro atoms. The number of benzene rings is 3. The van der Waals surface area contributed by atoms with Crippen molar-refractivity contribution in [2.75, 3.05) is 6.61 Å². The Hall–Kier alpha value is -3.52. The highest BCUT2D eigenvalue weighted by atomic mass is 79.9. The molecule has 0 aliphatic rings. The van der Waals surface area contributed by atoms with Crippen LogP contribution in [0.2, 0.25) is 0 Å². The van der Waals surface area contributed by atoms with E-state index in [1.54, 1.807) is 42.6 Å². The van der Waals surface area contributed by atoms with Gasteiger partial charge in [-0.25, -0.2) is 9.37 Å². The first-order valence-electron chi connectivity index (χ1n) is 11.8. The van der Waals surface area contributed by atoms with Crippen LogP contribution in [0.1, 0.15) is 50.1 Å². The minimum Gasteiger partial charge on any atom is -0.490 e. The van der Waals surface area contributed by atoms with Gasteiger partial charge in [-0.2, -0.15) is 9.78 Å². The lowest BCUT2D eigenvalue weighted by Gasteiger charge is -2.14. The zero-order chi connectivity index (χ0) is 25.7. The van der Waals surface area contributed by atoms with Crippen molar-refractivity contribution >= 4 is 33.0 Å². The predicted octanol–water partition coefficient (Wildman–Crippen LogP) is 6.67. The van der Waals surface area contributed by atoms with Gasteiger partial charge >= 0.3 is 0 Å². The fraction of sp³-hybridized carbons (Fsp3) is 0.250. The molecule has 0 N–H and O–H groups in total. The van der Waals surface area contributed by atoms with Crippen LogP contribution in [-0.4, -0.2) is 22.5 Å². The van der Waals surface area contributed by atoms with Crippen LogP contribution in [0, 0.1) is 5.82 Å². The smallest absolute Gasteiger partial charge is 0.282 e. The number of rotatable bonds is 9. The second-order valence-corrected chi connectivity index (χ2v) is 9.24. The molecule has 0 aliphatic carbocycles. The van der Waals surface area contributed by atoms with E-state index >= 15 is 0 Å². The highest BCUT2D eigenvalue weighted by Crippen LogP contribution is 2.29. The van der Waals surface area contributed by atoms with E-state index in [2.05, 4.69) is 21.0 Å². The van der Waals surface area contributed by atoms with Crippen LogP contribution in [-0.2, 0) is 6.61 Å². The number of halogens is 2. The van der Waals surface area contributed by atoms with Crippen molar-refractivity contribution in [1.82, 2.24) is 9.66 Å². The fourth-order valence-corrected chi connectivity index (χ4v) is 4.03. The molecule has 0 saturated carbocycles. The maximum atomic E-state index is 14.0. The second-order valence-electron chi connectivity index (χ2n) is 8.32. The molecule has 1 aromatic heterocycles. The molecule has 0 unspecified atom stereocenters. The van der Waals surface area contributed by atoms with Gasteiger partial charge in [0.15, 0.2) is 11.5 Å². The average Bonchev–Trinajstić information content (AvgIpc) is 2.88. The maximum absolute atomic E-state index is 14.0. The van der Waals surface area contributed by atoms with Gasteiger partial charge in [-0.15, -0.1) is 0 Å². The van der Waals surface area contributed by atoms with E-state index in [4.69, 9.17) is 14.5 Å². The van der Waals surface area contributed by atoms with Crippen LogP contribution in [0.25, 0.3) is 10.9 Å². The lowest BCUT2D eigenvalue weighted by atomic mass is 10.1. The molecule has 0 radical (unpaired) electrons. The van der Waals surface area contributed by atoms with E-state index in [1.165, 1.54) is 10.7 Å². The number of ether oxygens (including phenoxy) is 2. The van der Waals surface area contributed by atoms with Crippen LogP contribution in [0.15, 0.2) is 75.0 Å². The first-order valence-corrected chi connectivity index (χ1v) is 12.6. The molecular formula is C28H27BrFN3O3. The Kier molecular flexibility index (Phi) is 8.15. The number of nitrogens with zero attached hydrogens (tertiary/aromatic N) is 3. The fourth-order valence-electron chi connectivity index (χ4n) is 3.67. The van der Waals surface area contributed by atoms with Crippen LogP contribution in [0.3, 0.4) is 0 Å². The van der Waals surface area contributed by atoms with Gasteiger partial charge in [0.1, 0.15) is 18.2 Å². The van der Waals surface area contributed by atoms with Crippen LogP contribution >= 0.6 is 15.9 Å². The van der Waals surface area contributed by atoms with Crippen molar-refractivity contribution in [1.29, 1.82) is 0 Å². The molecule has 36 heavy (non-hydrogen) atoms. The SMILES string of the molecule is CCOc1cc(C=Nn2c([C@@H](C)CC)nc3ccc(Br)cc3c2=O)ccc1OCc1ccccc1F. The number of aromatic nitrogens is 2. The molecule has 0 aliphatic heterocycles. The highest BCUT2D eigenvalue weighted by molar-refractivity contribution is 9.10. The summed E-state index contributed by atoms with van der Waals surface area (Å²) in [5, 5.41) is 5.00. The third-order valence-electron chi connectivity index (χ3n) is 5.82. The largest absolute Gasteiger partial charge is 0.490 e. The first-order chi connectivity index (χ1) is 17.4. The Morgan fingerprint density at radius 2 is 1.89 bits per heavy atom. The molecule has 0 bridgehead atoms. The third kappa shape index (κ3) is 5.65.